The van der Waals surface area contributed by atoms with Crippen LogP contribution in [-0.4, -0.2) is 32.6 Å². The van der Waals surface area contributed by atoms with E-state index in [0.29, 0.717) is 41.6 Å². The predicted molar refractivity (Wildman–Crippen MR) is 97.4 cm³/mol. The molecule has 25 heavy (non-hydrogen) atoms. The highest BCUT2D eigenvalue weighted by Crippen LogP contribution is 2.47. The lowest BCUT2D eigenvalue weighted by atomic mass is 10.0. The molecule has 0 aliphatic heterocycles. The highest BCUT2D eigenvalue weighted by Gasteiger charge is 2.56. The highest BCUT2D eigenvalue weighted by molar-refractivity contribution is 6.32. The first-order chi connectivity index (χ1) is 12.0. The second-order valence-corrected chi connectivity index (χ2v) is 6.59. The minimum absolute atomic E-state index is 0.207. The van der Waals surface area contributed by atoms with Crippen LogP contribution < -0.4 is 20.1 Å². The lowest BCUT2D eigenvalue weighted by molar-refractivity contribution is -0.134. The third kappa shape index (κ3) is 4.37. The summed E-state index contributed by atoms with van der Waals surface area (Å²) in [6.07, 6.45) is 4.15. The van der Waals surface area contributed by atoms with E-state index in [9.17, 15) is 9.59 Å². The predicted octanol–water partition coefficient (Wildman–Crippen LogP) is 3.38. The third-order valence-electron chi connectivity index (χ3n) is 4.41. The molecule has 0 spiro atoms. The molecule has 0 saturated heterocycles. The Bertz CT molecular complexity index is 644. The molecule has 0 unspecified atom stereocenters. The summed E-state index contributed by atoms with van der Waals surface area (Å²) in [6, 6.07) is 3.16. The number of carbonyl (C=O) groups is 2. The summed E-state index contributed by atoms with van der Waals surface area (Å²) < 4.78 is 10.4. The number of hydrogen-bond acceptors (Lipinski definition) is 4. The number of amides is 2. The summed E-state index contributed by atoms with van der Waals surface area (Å²) in [7, 11) is 2.98. The molecule has 1 aromatic rings. The summed E-state index contributed by atoms with van der Waals surface area (Å²) in [5, 5.41) is 6.04. The van der Waals surface area contributed by atoms with Crippen LogP contribution in [0.3, 0.4) is 0 Å². The van der Waals surface area contributed by atoms with Crippen molar-refractivity contribution in [3.05, 3.63) is 17.2 Å². The molecule has 0 bridgehead atoms. The minimum Gasteiger partial charge on any atom is -0.495 e. The Kier molecular flexibility index (Phi) is 6.53. The molecule has 6 nitrogen and oxygen atoms in total. The minimum atomic E-state index is -0.982. The SMILES string of the molecule is CCCCCNC(=O)C1(C(=O)Nc2cc(OC)c(Cl)cc2OC)CC1. The number of halogens is 1. The number of carbonyl (C=O) groups excluding carboxylic acids is 2. The summed E-state index contributed by atoms with van der Waals surface area (Å²) in [5.74, 6) is 0.300. The van der Waals surface area contributed by atoms with Crippen molar-refractivity contribution in [3.8, 4) is 11.5 Å². The molecule has 2 rings (SSSR count). The van der Waals surface area contributed by atoms with Gasteiger partial charge in [0.1, 0.15) is 16.9 Å². The van der Waals surface area contributed by atoms with Gasteiger partial charge in [-0.2, -0.15) is 0 Å². The van der Waals surface area contributed by atoms with E-state index >= 15 is 0 Å². The van der Waals surface area contributed by atoms with Crippen LogP contribution in [-0.2, 0) is 9.59 Å². The molecule has 1 aliphatic rings. The van der Waals surface area contributed by atoms with Crippen LogP contribution in [0.2, 0.25) is 5.02 Å². The van der Waals surface area contributed by atoms with Crippen molar-refractivity contribution in [2.75, 3.05) is 26.1 Å². The molecule has 1 fully saturated rings. The Labute approximate surface area is 153 Å². The van der Waals surface area contributed by atoms with Gasteiger partial charge in [0.05, 0.1) is 24.9 Å². The quantitative estimate of drug-likeness (QED) is 0.517. The first-order valence-electron chi connectivity index (χ1n) is 8.49. The summed E-state index contributed by atoms with van der Waals surface area (Å²) in [5.41, 5.74) is -0.553. The molecule has 0 atom stereocenters. The van der Waals surface area contributed by atoms with Gasteiger partial charge < -0.3 is 20.1 Å². The molecule has 1 aliphatic carbocycles. The van der Waals surface area contributed by atoms with Gasteiger partial charge in [-0.25, -0.2) is 0 Å². The lowest BCUT2D eigenvalue weighted by Crippen LogP contribution is -2.40. The van der Waals surface area contributed by atoms with Gasteiger partial charge in [0, 0.05) is 18.7 Å². The van der Waals surface area contributed by atoms with Gasteiger partial charge in [0.15, 0.2) is 0 Å². The van der Waals surface area contributed by atoms with Gasteiger partial charge in [0.25, 0.3) is 0 Å². The van der Waals surface area contributed by atoms with Gasteiger partial charge >= 0.3 is 0 Å². The molecule has 138 valence electrons. The normalized spacial score (nSPS) is 14.6. The fourth-order valence-corrected chi connectivity index (χ4v) is 2.86. The van der Waals surface area contributed by atoms with Crippen molar-refractivity contribution < 1.29 is 19.1 Å². The fraction of sp³-hybridized carbons (Fsp3) is 0.556. The van der Waals surface area contributed by atoms with E-state index in [1.165, 1.54) is 14.2 Å². The Morgan fingerprint density at radius 1 is 1.12 bits per heavy atom. The Balaban J connectivity index is 2.07. The van der Waals surface area contributed by atoms with E-state index in [1.807, 2.05) is 0 Å². The highest BCUT2D eigenvalue weighted by atomic mass is 35.5. The maximum atomic E-state index is 12.7. The van der Waals surface area contributed by atoms with Gasteiger partial charge in [-0.05, 0) is 19.3 Å². The van der Waals surface area contributed by atoms with Crippen LogP contribution in [0.1, 0.15) is 39.0 Å². The summed E-state index contributed by atoms with van der Waals surface area (Å²) in [6.45, 7) is 2.70. The topological polar surface area (TPSA) is 76.7 Å². The molecule has 1 saturated carbocycles. The van der Waals surface area contributed by atoms with Crippen molar-refractivity contribution >= 4 is 29.1 Å². The number of benzene rings is 1. The van der Waals surface area contributed by atoms with E-state index in [1.54, 1.807) is 12.1 Å². The Hall–Kier alpha value is -1.95. The van der Waals surface area contributed by atoms with Gasteiger partial charge in [-0.15, -0.1) is 0 Å². The zero-order valence-corrected chi connectivity index (χ0v) is 15.7. The number of ether oxygens (including phenoxy) is 2. The third-order valence-corrected chi connectivity index (χ3v) is 4.70. The van der Waals surface area contributed by atoms with Crippen LogP contribution in [0, 0.1) is 5.41 Å². The summed E-state index contributed by atoms with van der Waals surface area (Å²) >= 11 is 6.07. The molecule has 0 heterocycles. The van der Waals surface area contributed by atoms with Gasteiger partial charge in [0.2, 0.25) is 11.8 Å². The second-order valence-electron chi connectivity index (χ2n) is 6.19. The van der Waals surface area contributed by atoms with Crippen molar-refractivity contribution in [1.82, 2.24) is 5.32 Å². The monoisotopic (exact) mass is 368 g/mol. The van der Waals surface area contributed by atoms with Crippen LogP contribution in [0.15, 0.2) is 12.1 Å². The number of methoxy groups -OCH3 is 2. The number of nitrogens with one attached hydrogen (secondary N) is 2. The molecular formula is C18H25ClN2O4. The molecular weight excluding hydrogens is 344 g/mol. The Morgan fingerprint density at radius 3 is 2.36 bits per heavy atom. The largest absolute Gasteiger partial charge is 0.495 e. The molecule has 1 aromatic carbocycles. The number of hydrogen-bond donors (Lipinski definition) is 2. The van der Waals surface area contributed by atoms with Crippen LogP contribution in [0.4, 0.5) is 5.69 Å². The maximum Gasteiger partial charge on any atom is 0.240 e. The van der Waals surface area contributed by atoms with E-state index in [0.717, 1.165) is 19.3 Å². The molecule has 7 heteroatoms. The smallest absolute Gasteiger partial charge is 0.240 e. The lowest BCUT2D eigenvalue weighted by Gasteiger charge is -2.18. The standard InChI is InChI=1S/C18H25ClN2O4/c1-4-5-6-9-20-16(22)18(7-8-18)17(23)21-13-11-14(24-2)12(19)10-15(13)25-3/h10-11H,4-9H2,1-3H3,(H,20,22)(H,21,23). The molecule has 2 N–H and O–H groups in total. The maximum absolute atomic E-state index is 12.7. The van der Waals surface area contributed by atoms with E-state index in [-0.39, 0.29) is 11.8 Å². The number of unbranched alkanes of at least 4 members (excludes halogenated alkanes) is 2. The Morgan fingerprint density at radius 2 is 1.80 bits per heavy atom. The van der Waals surface area contributed by atoms with Crippen molar-refractivity contribution in [1.29, 1.82) is 0 Å². The van der Waals surface area contributed by atoms with E-state index in [2.05, 4.69) is 17.6 Å². The van der Waals surface area contributed by atoms with Crippen LogP contribution in [0.25, 0.3) is 0 Å². The number of anilines is 1. The second kappa shape index (κ2) is 8.43. The van der Waals surface area contributed by atoms with Crippen molar-refractivity contribution in [2.45, 2.75) is 39.0 Å². The molecule has 2 amide bonds. The van der Waals surface area contributed by atoms with Crippen LogP contribution >= 0.6 is 11.6 Å². The van der Waals surface area contributed by atoms with Gasteiger partial charge in [-0.3, -0.25) is 9.59 Å². The van der Waals surface area contributed by atoms with E-state index in [4.69, 9.17) is 21.1 Å². The average molecular weight is 369 g/mol. The van der Waals surface area contributed by atoms with E-state index < -0.39 is 5.41 Å². The van der Waals surface area contributed by atoms with Crippen LogP contribution in [0.5, 0.6) is 11.5 Å². The van der Waals surface area contributed by atoms with Crippen molar-refractivity contribution in [2.24, 2.45) is 5.41 Å². The van der Waals surface area contributed by atoms with Gasteiger partial charge in [-0.1, -0.05) is 31.4 Å². The summed E-state index contributed by atoms with van der Waals surface area (Å²) in [4.78, 5) is 25.1. The zero-order chi connectivity index (χ0) is 18.4. The first-order valence-corrected chi connectivity index (χ1v) is 8.87. The zero-order valence-electron chi connectivity index (χ0n) is 14.9. The molecule has 0 radical (unpaired) electrons. The molecule has 0 aromatic heterocycles. The average Bonchev–Trinajstić information content (AvgIpc) is 3.41. The first kappa shape index (κ1) is 19.4. The fourth-order valence-electron chi connectivity index (χ4n) is 2.63. The van der Waals surface area contributed by atoms with Crippen molar-refractivity contribution in [3.63, 3.8) is 0 Å². The number of rotatable bonds is 9.